The molecule has 0 aliphatic heterocycles. The SMILES string of the molecule is CCNC(c1cc(F)cc(Br)c1)c1ccsc1C. The molecule has 0 fully saturated rings. The maximum absolute atomic E-state index is 13.5. The average molecular weight is 328 g/mol. The van der Waals surface area contributed by atoms with Crippen molar-refractivity contribution in [1.82, 2.24) is 5.32 Å². The molecule has 0 aliphatic carbocycles. The van der Waals surface area contributed by atoms with Crippen LogP contribution in [0.2, 0.25) is 0 Å². The van der Waals surface area contributed by atoms with Crippen LogP contribution in [0, 0.1) is 12.7 Å². The number of thiophene rings is 1. The summed E-state index contributed by atoms with van der Waals surface area (Å²) in [6, 6.07) is 7.19. The van der Waals surface area contributed by atoms with Gasteiger partial charge in [-0.25, -0.2) is 4.39 Å². The van der Waals surface area contributed by atoms with E-state index in [0.717, 1.165) is 16.6 Å². The second kappa shape index (κ2) is 5.95. The summed E-state index contributed by atoms with van der Waals surface area (Å²) in [4.78, 5) is 1.27. The highest BCUT2D eigenvalue weighted by molar-refractivity contribution is 9.10. The topological polar surface area (TPSA) is 12.0 Å². The second-order valence-electron chi connectivity index (χ2n) is 4.13. The fourth-order valence-electron chi connectivity index (χ4n) is 2.05. The molecule has 1 atom stereocenters. The monoisotopic (exact) mass is 327 g/mol. The van der Waals surface area contributed by atoms with Crippen LogP contribution in [0.3, 0.4) is 0 Å². The van der Waals surface area contributed by atoms with Crippen molar-refractivity contribution in [3.8, 4) is 0 Å². The first kappa shape index (κ1) is 13.7. The van der Waals surface area contributed by atoms with Gasteiger partial charge in [0.1, 0.15) is 5.82 Å². The van der Waals surface area contributed by atoms with Crippen LogP contribution in [0.4, 0.5) is 4.39 Å². The Labute approximate surface area is 119 Å². The maximum Gasteiger partial charge on any atom is 0.124 e. The molecule has 2 rings (SSSR count). The first-order valence-electron chi connectivity index (χ1n) is 5.85. The van der Waals surface area contributed by atoms with Crippen LogP contribution in [-0.2, 0) is 0 Å². The van der Waals surface area contributed by atoms with E-state index >= 15 is 0 Å². The molecule has 0 radical (unpaired) electrons. The molecule has 1 nitrogen and oxygen atoms in total. The zero-order valence-corrected chi connectivity index (χ0v) is 12.7. The molecule has 4 heteroatoms. The van der Waals surface area contributed by atoms with E-state index in [2.05, 4.69) is 46.5 Å². The Balaban J connectivity index is 2.44. The zero-order valence-electron chi connectivity index (χ0n) is 10.3. The van der Waals surface area contributed by atoms with Gasteiger partial charge in [-0.15, -0.1) is 11.3 Å². The lowest BCUT2D eigenvalue weighted by Crippen LogP contribution is -2.22. The van der Waals surface area contributed by atoms with E-state index in [-0.39, 0.29) is 11.9 Å². The van der Waals surface area contributed by atoms with Gasteiger partial charge in [-0.2, -0.15) is 0 Å². The highest BCUT2D eigenvalue weighted by atomic mass is 79.9. The van der Waals surface area contributed by atoms with Crippen molar-refractivity contribution in [2.45, 2.75) is 19.9 Å². The van der Waals surface area contributed by atoms with Gasteiger partial charge in [-0.05, 0) is 54.2 Å². The highest BCUT2D eigenvalue weighted by Gasteiger charge is 2.17. The maximum atomic E-state index is 13.5. The fraction of sp³-hybridized carbons (Fsp3) is 0.286. The number of nitrogens with one attached hydrogen (secondary N) is 1. The summed E-state index contributed by atoms with van der Waals surface area (Å²) >= 11 is 5.07. The molecule has 1 aromatic carbocycles. The molecule has 0 bridgehead atoms. The van der Waals surface area contributed by atoms with Crippen LogP contribution < -0.4 is 5.32 Å². The summed E-state index contributed by atoms with van der Waals surface area (Å²) in [6.45, 7) is 5.00. The van der Waals surface area contributed by atoms with Crippen LogP contribution in [0.15, 0.2) is 34.1 Å². The van der Waals surface area contributed by atoms with Crippen molar-refractivity contribution in [3.05, 3.63) is 55.9 Å². The molecule has 1 N–H and O–H groups in total. The molecule has 1 aromatic heterocycles. The van der Waals surface area contributed by atoms with Crippen LogP contribution in [0.25, 0.3) is 0 Å². The van der Waals surface area contributed by atoms with Crippen molar-refractivity contribution in [2.24, 2.45) is 0 Å². The minimum Gasteiger partial charge on any atom is -0.306 e. The lowest BCUT2D eigenvalue weighted by Gasteiger charge is -2.19. The standard InChI is InChI=1S/C14H15BrFNS/c1-3-17-14(13-4-5-18-9(13)2)10-6-11(15)8-12(16)7-10/h4-8,14,17H,3H2,1-2H3. The van der Waals surface area contributed by atoms with E-state index in [4.69, 9.17) is 0 Å². The van der Waals surface area contributed by atoms with Crippen LogP contribution in [0.5, 0.6) is 0 Å². The number of hydrogen-bond donors (Lipinski definition) is 1. The highest BCUT2D eigenvalue weighted by Crippen LogP contribution is 2.30. The second-order valence-corrected chi connectivity index (χ2v) is 6.16. The Morgan fingerprint density at radius 1 is 1.39 bits per heavy atom. The van der Waals surface area contributed by atoms with Crippen LogP contribution >= 0.6 is 27.3 Å². The van der Waals surface area contributed by atoms with Gasteiger partial charge < -0.3 is 5.32 Å². The quantitative estimate of drug-likeness (QED) is 0.861. The molecule has 2 aromatic rings. The molecular weight excluding hydrogens is 313 g/mol. The van der Waals surface area contributed by atoms with Gasteiger partial charge in [0.15, 0.2) is 0 Å². The van der Waals surface area contributed by atoms with E-state index in [1.807, 2.05) is 6.07 Å². The minimum atomic E-state index is -0.213. The third-order valence-electron chi connectivity index (χ3n) is 2.84. The largest absolute Gasteiger partial charge is 0.306 e. The summed E-state index contributed by atoms with van der Waals surface area (Å²) in [7, 11) is 0. The van der Waals surface area contributed by atoms with E-state index in [0.29, 0.717) is 0 Å². The van der Waals surface area contributed by atoms with Gasteiger partial charge in [-0.3, -0.25) is 0 Å². The Bertz CT molecular complexity index is 518. The smallest absolute Gasteiger partial charge is 0.124 e. The van der Waals surface area contributed by atoms with Crippen LogP contribution in [-0.4, -0.2) is 6.54 Å². The Morgan fingerprint density at radius 2 is 2.17 bits per heavy atom. The lowest BCUT2D eigenvalue weighted by molar-refractivity contribution is 0.602. The minimum absolute atomic E-state index is 0.0493. The van der Waals surface area contributed by atoms with Gasteiger partial charge in [0.25, 0.3) is 0 Å². The van der Waals surface area contributed by atoms with E-state index in [1.54, 1.807) is 17.4 Å². The molecular formula is C14H15BrFNS. The molecule has 0 saturated carbocycles. The normalized spacial score (nSPS) is 12.7. The van der Waals surface area contributed by atoms with E-state index in [1.165, 1.54) is 16.5 Å². The van der Waals surface area contributed by atoms with Gasteiger partial charge in [0.2, 0.25) is 0 Å². The Morgan fingerprint density at radius 3 is 2.72 bits per heavy atom. The van der Waals surface area contributed by atoms with E-state index < -0.39 is 0 Å². The van der Waals surface area contributed by atoms with Crippen molar-refractivity contribution in [2.75, 3.05) is 6.54 Å². The van der Waals surface area contributed by atoms with Crippen molar-refractivity contribution < 1.29 is 4.39 Å². The fourth-order valence-corrected chi connectivity index (χ4v) is 3.27. The summed E-state index contributed by atoms with van der Waals surface area (Å²) in [5.74, 6) is -0.213. The van der Waals surface area contributed by atoms with Gasteiger partial charge in [0.05, 0.1) is 6.04 Å². The van der Waals surface area contributed by atoms with E-state index in [9.17, 15) is 4.39 Å². The molecule has 0 amide bonds. The summed E-state index contributed by atoms with van der Waals surface area (Å²) in [5, 5.41) is 5.49. The zero-order chi connectivity index (χ0) is 13.1. The number of rotatable bonds is 4. The number of halogens is 2. The molecule has 1 unspecified atom stereocenters. The molecule has 1 heterocycles. The van der Waals surface area contributed by atoms with Crippen molar-refractivity contribution >= 4 is 27.3 Å². The Kier molecular flexibility index (Phi) is 4.54. The number of aryl methyl sites for hydroxylation is 1. The number of benzene rings is 1. The molecule has 0 spiro atoms. The van der Waals surface area contributed by atoms with Crippen molar-refractivity contribution in [3.63, 3.8) is 0 Å². The molecule has 0 aliphatic rings. The Hall–Kier alpha value is -0.710. The first-order chi connectivity index (χ1) is 8.61. The lowest BCUT2D eigenvalue weighted by atomic mass is 9.99. The summed E-state index contributed by atoms with van der Waals surface area (Å²) < 4.78 is 14.3. The van der Waals surface area contributed by atoms with Gasteiger partial charge >= 0.3 is 0 Å². The third kappa shape index (κ3) is 2.99. The predicted octanol–water partition coefficient (Wildman–Crippen LogP) is 4.66. The first-order valence-corrected chi connectivity index (χ1v) is 7.52. The van der Waals surface area contributed by atoms with Gasteiger partial charge in [-0.1, -0.05) is 22.9 Å². The summed E-state index contributed by atoms with van der Waals surface area (Å²) in [6.07, 6.45) is 0. The van der Waals surface area contributed by atoms with Crippen molar-refractivity contribution in [1.29, 1.82) is 0 Å². The van der Waals surface area contributed by atoms with Crippen LogP contribution in [0.1, 0.15) is 29.0 Å². The third-order valence-corrected chi connectivity index (χ3v) is 4.16. The summed E-state index contributed by atoms with van der Waals surface area (Å²) in [5.41, 5.74) is 2.17. The average Bonchev–Trinajstić information content (AvgIpc) is 2.71. The molecule has 18 heavy (non-hydrogen) atoms. The molecule has 0 saturated heterocycles. The predicted molar refractivity (Wildman–Crippen MR) is 78.7 cm³/mol. The van der Waals surface area contributed by atoms with Gasteiger partial charge in [0, 0.05) is 9.35 Å². The number of hydrogen-bond acceptors (Lipinski definition) is 2. The molecule has 96 valence electrons.